The lowest BCUT2D eigenvalue weighted by atomic mass is 9.98. The summed E-state index contributed by atoms with van der Waals surface area (Å²) in [6.07, 6.45) is 0.391. The quantitative estimate of drug-likeness (QED) is 0.264. The SMILES string of the molecule is COCCOCCOCCOCc1cc(OC)c(-c2ccc(C[C@H](N)C(=O)OC)cc2)c(OC)c1. The molecule has 0 amide bonds. The predicted molar refractivity (Wildman–Crippen MR) is 132 cm³/mol. The zero-order valence-electron chi connectivity index (χ0n) is 21.0. The normalized spacial score (nSPS) is 11.8. The van der Waals surface area contributed by atoms with Gasteiger partial charge in [0.15, 0.2) is 0 Å². The molecule has 0 spiro atoms. The van der Waals surface area contributed by atoms with Gasteiger partial charge in [0.2, 0.25) is 0 Å². The fourth-order valence-electron chi connectivity index (χ4n) is 3.40. The highest BCUT2D eigenvalue weighted by molar-refractivity contribution is 5.78. The Morgan fingerprint density at radius 2 is 1.31 bits per heavy atom. The van der Waals surface area contributed by atoms with E-state index in [0.29, 0.717) is 64.2 Å². The number of hydrogen-bond acceptors (Lipinski definition) is 9. The van der Waals surface area contributed by atoms with Crippen LogP contribution in [0.2, 0.25) is 0 Å². The summed E-state index contributed by atoms with van der Waals surface area (Å²) in [6, 6.07) is 10.9. The van der Waals surface area contributed by atoms with Gasteiger partial charge in [-0.3, -0.25) is 4.79 Å². The van der Waals surface area contributed by atoms with Gasteiger partial charge in [0.05, 0.1) is 73.1 Å². The second-order valence-corrected chi connectivity index (χ2v) is 7.68. The van der Waals surface area contributed by atoms with Gasteiger partial charge in [0, 0.05) is 7.11 Å². The number of nitrogens with two attached hydrogens (primary N) is 1. The van der Waals surface area contributed by atoms with Crippen LogP contribution in [0.3, 0.4) is 0 Å². The minimum absolute atomic E-state index is 0.391. The molecule has 0 aromatic heterocycles. The van der Waals surface area contributed by atoms with E-state index in [9.17, 15) is 4.79 Å². The third kappa shape index (κ3) is 9.46. The number of ether oxygens (including phenoxy) is 7. The van der Waals surface area contributed by atoms with Crippen LogP contribution in [0.15, 0.2) is 36.4 Å². The van der Waals surface area contributed by atoms with Crippen molar-refractivity contribution in [2.24, 2.45) is 5.73 Å². The highest BCUT2D eigenvalue weighted by Gasteiger charge is 2.17. The second kappa shape index (κ2) is 16.1. The maximum Gasteiger partial charge on any atom is 0.322 e. The summed E-state index contributed by atoms with van der Waals surface area (Å²) in [5.41, 5.74) is 9.47. The first-order chi connectivity index (χ1) is 17.0. The highest BCUT2D eigenvalue weighted by atomic mass is 16.6. The summed E-state index contributed by atoms with van der Waals surface area (Å²) in [5.74, 6) is 0.909. The molecule has 0 aliphatic heterocycles. The van der Waals surface area contributed by atoms with Crippen LogP contribution in [0, 0.1) is 0 Å². The van der Waals surface area contributed by atoms with Crippen molar-refractivity contribution in [3.8, 4) is 22.6 Å². The number of carbonyl (C=O) groups excluding carboxylic acids is 1. The molecule has 0 aliphatic carbocycles. The molecule has 0 fully saturated rings. The summed E-state index contributed by atoms with van der Waals surface area (Å²) in [6.45, 7) is 3.50. The summed E-state index contributed by atoms with van der Waals surface area (Å²) in [5, 5.41) is 0. The minimum atomic E-state index is -0.700. The molecule has 1 atom stereocenters. The maximum atomic E-state index is 11.6. The van der Waals surface area contributed by atoms with Crippen molar-refractivity contribution in [2.45, 2.75) is 19.1 Å². The molecule has 0 saturated heterocycles. The first kappa shape index (κ1) is 28.5. The minimum Gasteiger partial charge on any atom is -0.496 e. The lowest BCUT2D eigenvalue weighted by Crippen LogP contribution is -2.33. The van der Waals surface area contributed by atoms with Crippen molar-refractivity contribution in [3.05, 3.63) is 47.5 Å². The lowest BCUT2D eigenvalue weighted by molar-refractivity contribution is -0.142. The van der Waals surface area contributed by atoms with E-state index in [4.69, 9.17) is 38.9 Å². The Morgan fingerprint density at radius 3 is 1.83 bits per heavy atom. The van der Waals surface area contributed by atoms with Gasteiger partial charge < -0.3 is 38.9 Å². The third-order valence-electron chi connectivity index (χ3n) is 5.21. The van der Waals surface area contributed by atoms with E-state index in [1.165, 1.54) is 7.11 Å². The van der Waals surface area contributed by atoms with Gasteiger partial charge in [-0.2, -0.15) is 0 Å². The molecule has 9 nitrogen and oxygen atoms in total. The summed E-state index contributed by atoms with van der Waals surface area (Å²) >= 11 is 0. The number of methoxy groups -OCH3 is 4. The van der Waals surface area contributed by atoms with Gasteiger partial charge >= 0.3 is 5.97 Å². The van der Waals surface area contributed by atoms with Crippen LogP contribution in [0.5, 0.6) is 11.5 Å². The number of hydrogen-bond donors (Lipinski definition) is 1. The molecule has 2 N–H and O–H groups in total. The zero-order valence-corrected chi connectivity index (χ0v) is 21.0. The summed E-state index contributed by atoms with van der Waals surface area (Å²) in [7, 11) is 6.21. The molecule has 9 heteroatoms. The summed E-state index contributed by atoms with van der Waals surface area (Å²) < 4.78 is 37.5. The largest absolute Gasteiger partial charge is 0.496 e. The van der Waals surface area contributed by atoms with Crippen molar-refractivity contribution >= 4 is 5.97 Å². The van der Waals surface area contributed by atoms with Gasteiger partial charge in [0.1, 0.15) is 17.5 Å². The maximum absolute atomic E-state index is 11.6. The van der Waals surface area contributed by atoms with E-state index in [0.717, 1.165) is 22.3 Å². The molecule has 2 aromatic carbocycles. The van der Waals surface area contributed by atoms with Crippen molar-refractivity contribution in [1.82, 2.24) is 0 Å². The molecule has 2 aromatic rings. The Kier molecular flexibility index (Phi) is 13.1. The fourth-order valence-corrected chi connectivity index (χ4v) is 3.40. The Hall–Kier alpha value is -2.69. The highest BCUT2D eigenvalue weighted by Crippen LogP contribution is 2.40. The van der Waals surface area contributed by atoms with E-state index in [-0.39, 0.29) is 0 Å². The first-order valence-electron chi connectivity index (χ1n) is 11.4. The zero-order chi connectivity index (χ0) is 25.5. The topological polar surface area (TPSA) is 108 Å². The molecule has 0 saturated carbocycles. The van der Waals surface area contributed by atoms with Crippen LogP contribution in [0.25, 0.3) is 11.1 Å². The first-order valence-corrected chi connectivity index (χ1v) is 11.4. The van der Waals surface area contributed by atoms with Crippen LogP contribution in [-0.4, -0.2) is 80.1 Å². The number of benzene rings is 2. The molecular formula is C26H37NO8. The van der Waals surface area contributed by atoms with Crippen LogP contribution < -0.4 is 15.2 Å². The smallest absolute Gasteiger partial charge is 0.322 e. The Morgan fingerprint density at radius 1 is 0.771 bits per heavy atom. The van der Waals surface area contributed by atoms with Crippen LogP contribution in [-0.2, 0) is 41.5 Å². The van der Waals surface area contributed by atoms with Crippen molar-refractivity contribution in [2.75, 3.05) is 68.1 Å². The molecule has 0 unspecified atom stereocenters. The average molecular weight is 492 g/mol. The third-order valence-corrected chi connectivity index (χ3v) is 5.21. The Labute approximate surface area is 207 Å². The van der Waals surface area contributed by atoms with E-state index < -0.39 is 12.0 Å². The van der Waals surface area contributed by atoms with Crippen LogP contribution >= 0.6 is 0 Å². The van der Waals surface area contributed by atoms with Crippen LogP contribution in [0.1, 0.15) is 11.1 Å². The van der Waals surface area contributed by atoms with Crippen molar-refractivity contribution in [1.29, 1.82) is 0 Å². The second-order valence-electron chi connectivity index (χ2n) is 7.68. The standard InChI is InChI=1S/C26H37NO8/c1-29-9-10-33-11-12-34-13-14-35-18-20-16-23(30-2)25(24(17-20)31-3)21-7-5-19(6-8-21)15-22(27)26(28)32-4/h5-8,16-17,22H,9-15,18,27H2,1-4H3/t22-/m0/s1. The molecule has 0 heterocycles. The van der Waals surface area contributed by atoms with Gasteiger partial charge in [-0.25, -0.2) is 0 Å². The molecule has 0 aliphatic rings. The Balaban J connectivity index is 1.95. The van der Waals surface area contributed by atoms with E-state index >= 15 is 0 Å². The van der Waals surface area contributed by atoms with E-state index in [2.05, 4.69) is 0 Å². The lowest BCUT2D eigenvalue weighted by Gasteiger charge is -2.16. The number of carbonyl (C=O) groups is 1. The predicted octanol–water partition coefficient (Wildman–Crippen LogP) is 2.61. The molecule has 0 radical (unpaired) electrons. The molecular weight excluding hydrogens is 454 g/mol. The number of rotatable bonds is 17. The number of esters is 1. The van der Waals surface area contributed by atoms with Gasteiger partial charge in [0.25, 0.3) is 0 Å². The van der Waals surface area contributed by atoms with E-state index in [1.807, 2.05) is 36.4 Å². The summed E-state index contributed by atoms with van der Waals surface area (Å²) in [4.78, 5) is 11.6. The van der Waals surface area contributed by atoms with Gasteiger partial charge in [-0.1, -0.05) is 24.3 Å². The molecule has 0 bridgehead atoms. The molecule has 2 rings (SSSR count). The van der Waals surface area contributed by atoms with Crippen molar-refractivity contribution in [3.63, 3.8) is 0 Å². The van der Waals surface area contributed by atoms with E-state index in [1.54, 1.807) is 21.3 Å². The van der Waals surface area contributed by atoms with Gasteiger partial charge in [-0.05, 0) is 35.2 Å². The fraction of sp³-hybridized carbons (Fsp3) is 0.500. The Bertz CT molecular complexity index is 862. The van der Waals surface area contributed by atoms with Gasteiger partial charge in [-0.15, -0.1) is 0 Å². The van der Waals surface area contributed by atoms with Crippen molar-refractivity contribution < 1.29 is 38.0 Å². The average Bonchev–Trinajstić information content (AvgIpc) is 2.89. The molecule has 35 heavy (non-hydrogen) atoms. The van der Waals surface area contributed by atoms with Crippen LogP contribution in [0.4, 0.5) is 0 Å². The molecule has 194 valence electrons. The monoisotopic (exact) mass is 491 g/mol.